The van der Waals surface area contributed by atoms with Gasteiger partial charge in [0, 0.05) is 18.7 Å². The third-order valence-electron chi connectivity index (χ3n) is 3.14. The van der Waals surface area contributed by atoms with Gasteiger partial charge in [0.15, 0.2) is 0 Å². The maximum Gasteiger partial charge on any atom is 0.416 e. The molecule has 9 heteroatoms. The van der Waals surface area contributed by atoms with Crippen molar-refractivity contribution < 1.29 is 35.6 Å². The smallest absolute Gasteiger partial charge is 0.416 e. The Morgan fingerprint density at radius 1 is 1.00 bits per heavy atom. The second kappa shape index (κ2) is 6.66. The van der Waals surface area contributed by atoms with E-state index in [9.17, 15) is 31.1 Å². The highest BCUT2D eigenvalue weighted by atomic mass is 19.4. The van der Waals surface area contributed by atoms with Crippen molar-refractivity contribution in [2.45, 2.75) is 12.4 Å². The molecule has 2 aromatic rings. The molecular formula is C16H11F6NO2. The molecule has 1 aromatic carbocycles. The van der Waals surface area contributed by atoms with Gasteiger partial charge in [0.25, 0.3) is 0 Å². The van der Waals surface area contributed by atoms with Gasteiger partial charge in [0.1, 0.15) is 11.5 Å². The summed E-state index contributed by atoms with van der Waals surface area (Å²) in [6.45, 7) is 0. The second-order valence-corrected chi connectivity index (χ2v) is 4.94. The molecule has 0 unspecified atom stereocenters. The summed E-state index contributed by atoms with van der Waals surface area (Å²) in [5.74, 6) is -0.533. The molecule has 1 heterocycles. The van der Waals surface area contributed by atoms with Gasteiger partial charge in [-0.3, -0.25) is 4.79 Å². The molecule has 1 aromatic heterocycles. The Balaban J connectivity index is 2.47. The lowest BCUT2D eigenvalue weighted by Crippen LogP contribution is -2.13. The quantitative estimate of drug-likeness (QED) is 0.632. The van der Waals surface area contributed by atoms with E-state index in [-0.39, 0.29) is 23.2 Å². The molecule has 0 spiro atoms. The summed E-state index contributed by atoms with van der Waals surface area (Å²) < 4.78 is 82.3. The van der Waals surface area contributed by atoms with Crippen molar-refractivity contribution in [3.8, 4) is 11.3 Å². The molecule has 0 atom stereocenters. The van der Waals surface area contributed by atoms with E-state index in [4.69, 9.17) is 4.42 Å². The lowest BCUT2D eigenvalue weighted by Gasteiger charge is -2.13. The van der Waals surface area contributed by atoms with Crippen LogP contribution in [0.1, 0.15) is 16.9 Å². The van der Waals surface area contributed by atoms with Crippen LogP contribution in [0.15, 0.2) is 40.8 Å². The predicted octanol–water partition coefficient (Wildman–Crippen LogP) is 4.74. The van der Waals surface area contributed by atoms with Crippen LogP contribution in [-0.4, -0.2) is 13.0 Å². The van der Waals surface area contributed by atoms with Crippen molar-refractivity contribution in [2.75, 3.05) is 7.05 Å². The Labute approximate surface area is 137 Å². The van der Waals surface area contributed by atoms with E-state index in [1.54, 1.807) is 0 Å². The highest BCUT2D eigenvalue weighted by Gasteiger charge is 2.37. The molecule has 1 N–H and O–H groups in total. The first-order valence-electron chi connectivity index (χ1n) is 6.80. The number of carbonyl (C=O) groups excluding carboxylic acids is 1. The fraction of sp³-hybridized carbons (Fsp3) is 0.188. The van der Waals surface area contributed by atoms with Crippen LogP contribution in [0.2, 0.25) is 0 Å². The number of furan rings is 1. The number of amides is 1. The largest absolute Gasteiger partial charge is 0.457 e. The Morgan fingerprint density at radius 3 is 2.04 bits per heavy atom. The normalized spacial score (nSPS) is 12.6. The Morgan fingerprint density at radius 2 is 1.56 bits per heavy atom. The Kier molecular flexibility index (Phi) is 4.96. The van der Waals surface area contributed by atoms with Crippen LogP contribution in [0.4, 0.5) is 26.3 Å². The van der Waals surface area contributed by atoms with Crippen LogP contribution in [0.25, 0.3) is 17.4 Å². The van der Waals surface area contributed by atoms with E-state index >= 15 is 0 Å². The average Bonchev–Trinajstić information content (AvgIpc) is 2.99. The fourth-order valence-corrected chi connectivity index (χ4v) is 1.94. The number of halogens is 6. The number of alkyl halides is 6. The van der Waals surface area contributed by atoms with Gasteiger partial charge < -0.3 is 9.73 Å². The van der Waals surface area contributed by atoms with Gasteiger partial charge in [-0.1, -0.05) is 0 Å². The summed E-state index contributed by atoms with van der Waals surface area (Å²) >= 11 is 0. The average molecular weight is 363 g/mol. The van der Waals surface area contributed by atoms with Crippen LogP contribution >= 0.6 is 0 Å². The SMILES string of the molecule is CNC(=O)C=Cc1ccc(-c2cc(C(F)(F)F)cc(C(F)(F)F)c2)o1. The standard InChI is InChI=1S/C16H11F6NO2/c1-23-14(24)5-3-12-2-4-13(25-12)9-6-10(15(17,18)19)8-11(7-9)16(20,21)22/h2-8H,1H3,(H,23,24). The fourth-order valence-electron chi connectivity index (χ4n) is 1.94. The minimum absolute atomic E-state index is 0.0405. The molecule has 0 radical (unpaired) electrons. The van der Waals surface area contributed by atoms with Crippen molar-refractivity contribution >= 4 is 12.0 Å². The van der Waals surface area contributed by atoms with Crippen molar-refractivity contribution in [1.29, 1.82) is 0 Å². The molecule has 0 aliphatic rings. The van der Waals surface area contributed by atoms with E-state index in [2.05, 4.69) is 5.32 Å². The van der Waals surface area contributed by atoms with Gasteiger partial charge in [0.2, 0.25) is 5.91 Å². The van der Waals surface area contributed by atoms with E-state index in [0.29, 0.717) is 12.1 Å². The van der Waals surface area contributed by atoms with Crippen molar-refractivity contribution in [3.05, 3.63) is 53.3 Å². The minimum Gasteiger partial charge on any atom is -0.457 e. The van der Waals surface area contributed by atoms with Crippen LogP contribution in [0.3, 0.4) is 0 Å². The highest BCUT2D eigenvalue weighted by Crippen LogP contribution is 2.38. The summed E-state index contributed by atoms with van der Waals surface area (Å²) in [4.78, 5) is 11.1. The van der Waals surface area contributed by atoms with Gasteiger partial charge in [-0.2, -0.15) is 26.3 Å². The van der Waals surface area contributed by atoms with Gasteiger partial charge >= 0.3 is 12.4 Å². The molecule has 25 heavy (non-hydrogen) atoms. The van der Waals surface area contributed by atoms with Gasteiger partial charge in [0.05, 0.1) is 11.1 Å². The van der Waals surface area contributed by atoms with Gasteiger partial charge in [-0.05, 0) is 36.4 Å². The molecule has 0 bridgehead atoms. The first-order chi connectivity index (χ1) is 11.5. The van der Waals surface area contributed by atoms with Gasteiger partial charge in [-0.25, -0.2) is 0 Å². The second-order valence-electron chi connectivity index (χ2n) is 4.94. The molecule has 2 rings (SSSR count). The number of nitrogens with one attached hydrogen (secondary N) is 1. The van der Waals surface area contributed by atoms with E-state index < -0.39 is 29.4 Å². The molecule has 1 amide bonds. The van der Waals surface area contributed by atoms with E-state index in [1.807, 2.05) is 0 Å². The lowest BCUT2D eigenvalue weighted by molar-refractivity contribution is -0.143. The zero-order valence-corrected chi connectivity index (χ0v) is 12.6. The summed E-state index contributed by atoms with van der Waals surface area (Å²) in [5.41, 5.74) is -3.24. The monoisotopic (exact) mass is 363 g/mol. The zero-order chi connectivity index (χ0) is 18.8. The molecule has 0 saturated carbocycles. The number of hydrogen-bond acceptors (Lipinski definition) is 2. The van der Waals surface area contributed by atoms with Crippen LogP contribution in [0.5, 0.6) is 0 Å². The zero-order valence-electron chi connectivity index (χ0n) is 12.6. The molecule has 0 aliphatic carbocycles. The van der Waals surface area contributed by atoms with Crippen LogP contribution in [0, 0.1) is 0 Å². The van der Waals surface area contributed by atoms with Crippen LogP contribution < -0.4 is 5.32 Å². The number of carbonyl (C=O) groups is 1. The molecule has 0 aliphatic heterocycles. The van der Waals surface area contributed by atoms with E-state index in [0.717, 1.165) is 6.08 Å². The minimum atomic E-state index is -4.94. The van der Waals surface area contributed by atoms with Crippen molar-refractivity contribution in [1.82, 2.24) is 5.32 Å². The summed E-state index contributed by atoms with van der Waals surface area (Å²) in [6, 6.07) is 3.72. The summed E-state index contributed by atoms with van der Waals surface area (Å²) in [5, 5.41) is 2.30. The highest BCUT2D eigenvalue weighted by molar-refractivity contribution is 5.91. The number of likely N-dealkylation sites (N-methyl/N-ethyl adjacent to an activating group) is 1. The number of benzene rings is 1. The number of rotatable bonds is 3. The van der Waals surface area contributed by atoms with Gasteiger partial charge in [-0.15, -0.1) is 0 Å². The maximum absolute atomic E-state index is 12.9. The van der Waals surface area contributed by atoms with Crippen molar-refractivity contribution in [3.63, 3.8) is 0 Å². The molecular weight excluding hydrogens is 352 g/mol. The Bertz CT molecular complexity index is 769. The van der Waals surface area contributed by atoms with Crippen molar-refractivity contribution in [2.24, 2.45) is 0 Å². The lowest BCUT2D eigenvalue weighted by atomic mass is 10.0. The molecule has 134 valence electrons. The first-order valence-corrected chi connectivity index (χ1v) is 6.80. The third kappa shape index (κ3) is 4.65. The maximum atomic E-state index is 12.9. The topological polar surface area (TPSA) is 42.2 Å². The third-order valence-corrected chi connectivity index (χ3v) is 3.14. The molecule has 3 nitrogen and oxygen atoms in total. The summed E-state index contributed by atoms with van der Waals surface area (Å²) in [7, 11) is 1.39. The number of hydrogen-bond donors (Lipinski definition) is 1. The predicted molar refractivity (Wildman–Crippen MR) is 77.2 cm³/mol. The first kappa shape index (κ1) is 18.6. The molecule has 0 fully saturated rings. The summed E-state index contributed by atoms with van der Waals surface area (Å²) in [6.07, 6.45) is -7.54. The van der Waals surface area contributed by atoms with E-state index in [1.165, 1.54) is 25.3 Å². The Hall–Kier alpha value is -2.71. The molecule has 0 saturated heterocycles. The van der Waals surface area contributed by atoms with Crippen LogP contribution in [-0.2, 0) is 17.1 Å².